The van der Waals surface area contributed by atoms with Crippen molar-refractivity contribution >= 4 is 5.97 Å². The smallest absolute Gasteiger partial charge is 0.339 e. The summed E-state index contributed by atoms with van der Waals surface area (Å²) in [7, 11) is 0. The molecule has 0 atom stereocenters. The lowest BCUT2D eigenvalue weighted by molar-refractivity contribution is 0.0693. The van der Waals surface area contributed by atoms with Gasteiger partial charge in [-0.2, -0.15) is 0 Å². The number of phenols is 1. The number of carbonyl (C=O) groups is 1. The van der Waals surface area contributed by atoms with Crippen LogP contribution < -0.4 is 9.47 Å². The number of hydrogen-bond donors (Lipinski definition) is 2. The predicted octanol–water partition coefficient (Wildman–Crippen LogP) is 3.72. The maximum atomic E-state index is 10.8. The monoisotopic (exact) mass is 316 g/mol. The van der Waals surface area contributed by atoms with Gasteiger partial charge in [0.25, 0.3) is 0 Å². The van der Waals surface area contributed by atoms with Crippen LogP contribution in [0.15, 0.2) is 48.5 Å². The fraction of sp³-hybridized carbons (Fsp3) is 0.278. The summed E-state index contributed by atoms with van der Waals surface area (Å²) in [4.78, 5) is 10.8. The van der Waals surface area contributed by atoms with Gasteiger partial charge < -0.3 is 19.7 Å². The molecule has 23 heavy (non-hydrogen) atoms. The summed E-state index contributed by atoms with van der Waals surface area (Å²) in [6.45, 7) is 1.18. The van der Waals surface area contributed by atoms with Crippen LogP contribution >= 0.6 is 0 Å². The van der Waals surface area contributed by atoms with Crippen LogP contribution in [0.2, 0.25) is 0 Å². The largest absolute Gasteiger partial charge is 0.507 e. The van der Waals surface area contributed by atoms with E-state index in [1.807, 2.05) is 30.3 Å². The van der Waals surface area contributed by atoms with Gasteiger partial charge in [0.05, 0.1) is 13.2 Å². The molecule has 122 valence electrons. The molecule has 0 fully saturated rings. The zero-order valence-corrected chi connectivity index (χ0v) is 12.8. The number of carboxylic acid groups (broad SMARTS) is 1. The molecule has 2 aromatic rings. The van der Waals surface area contributed by atoms with E-state index in [2.05, 4.69) is 0 Å². The van der Waals surface area contributed by atoms with Gasteiger partial charge in [0, 0.05) is 6.07 Å². The van der Waals surface area contributed by atoms with Gasteiger partial charge in [0.1, 0.15) is 22.8 Å². The van der Waals surface area contributed by atoms with Crippen molar-refractivity contribution in [3.8, 4) is 17.2 Å². The summed E-state index contributed by atoms with van der Waals surface area (Å²) in [6, 6.07) is 13.9. The van der Waals surface area contributed by atoms with Crippen LogP contribution in [0.1, 0.15) is 29.6 Å². The van der Waals surface area contributed by atoms with Crippen LogP contribution in [0.25, 0.3) is 0 Å². The van der Waals surface area contributed by atoms with Gasteiger partial charge in [-0.1, -0.05) is 18.2 Å². The summed E-state index contributed by atoms with van der Waals surface area (Å²) in [5, 5.41) is 18.4. The molecule has 0 unspecified atom stereocenters. The van der Waals surface area contributed by atoms with Gasteiger partial charge in [-0.15, -0.1) is 0 Å². The van der Waals surface area contributed by atoms with Crippen molar-refractivity contribution in [2.75, 3.05) is 13.2 Å². The van der Waals surface area contributed by atoms with Gasteiger partial charge in [0.15, 0.2) is 0 Å². The van der Waals surface area contributed by atoms with E-state index in [1.165, 1.54) is 12.1 Å². The van der Waals surface area contributed by atoms with Crippen LogP contribution in [0.4, 0.5) is 0 Å². The zero-order chi connectivity index (χ0) is 16.5. The minimum atomic E-state index is -1.16. The molecular weight excluding hydrogens is 296 g/mol. The Bertz CT molecular complexity index is 625. The Labute approximate surface area is 135 Å². The number of carboxylic acids is 1. The van der Waals surface area contributed by atoms with E-state index in [0.717, 1.165) is 25.0 Å². The maximum Gasteiger partial charge on any atom is 0.339 e. The first-order valence-corrected chi connectivity index (χ1v) is 7.54. The highest BCUT2D eigenvalue weighted by Crippen LogP contribution is 2.23. The molecule has 0 spiro atoms. The Kier molecular flexibility index (Phi) is 6.29. The second kappa shape index (κ2) is 8.68. The van der Waals surface area contributed by atoms with Crippen LogP contribution in [0.3, 0.4) is 0 Å². The predicted molar refractivity (Wildman–Crippen MR) is 86.3 cm³/mol. The lowest BCUT2D eigenvalue weighted by atomic mass is 10.2. The Morgan fingerprint density at radius 3 is 2.13 bits per heavy atom. The molecule has 0 aromatic heterocycles. The molecule has 5 nitrogen and oxygen atoms in total. The van der Waals surface area contributed by atoms with E-state index < -0.39 is 5.97 Å². The van der Waals surface area contributed by atoms with Crippen LogP contribution in [0.5, 0.6) is 17.2 Å². The molecule has 0 saturated heterocycles. The third-order valence-corrected chi connectivity index (χ3v) is 3.27. The molecule has 0 amide bonds. The number of aromatic hydroxyl groups is 1. The van der Waals surface area contributed by atoms with Crippen molar-refractivity contribution in [3.63, 3.8) is 0 Å². The molecule has 2 N–H and O–H groups in total. The molecule has 0 aliphatic rings. The summed E-state index contributed by atoms with van der Waals surface area (Å²) < 4.78 is 11.1. The number of unbranched alkanes of at least 4 members (excludes halogenated alkanes) is 2. The molecule has 2 rings (SSSR count). The topological polar surface area (TPSA) is 76.0 Å². The third kappa shape index (κ3) is 5.54. The van der Waals surface area contributed by atoms with Gasteiger partial charge >= 0.3 is 5.97 Å². The Balaban J connectivity index is 1.60. The van der Waals surface area contributed by atoms with Crippen molar-refractivity contribution < 1.29 is 24.5 Å². The molecule has 0 bridgehead atoms. The Hall–Kier alpha value is -2.69. The van der Waals surface area contributed by atoms with Crippen LogP contribution in [-0.4, -0.2) is 29.4 Å². The normalized spacial score (nSPS) is 10.3. The molecule has 0 saturated carbocycles. The molecule has 0 aliphatic heterocycles. The van der Waals surface area contributed by atoms with Gasteiger partial charge in [-0.05, 0) is 43.5 Å². The summed E-state index contributed by atoms with van der Waals surface area (Å²) in [6.07, 6.45) is 2.76. The quantitative estimate of drug-likeness (QED) is 0.690. The van der Waals surface area contributed by atoms with Crippen molar-refractivity contribution in [2.45, 2.75) is 19.3 Å². The van der Waals surface area contributed by atoms with Crippen molar-refractivity contribution in [1.29, 1.82) is 0 Å². The maximum absolute atomic E-state index is 10.8. The number of para-hydroxylation sites is 1. The van der Waals surface area contributed by atoms with Gasteiger partial charge in [-0.3, -0.25) is 0 Å². The van der Waals surface area contributed by atoms with Crippen LogP contribution in [-0.2, 0) is 0 Å². The first kappa shape index (κ1) is 16.7. The highest BCUT2D eigenvalue weighted by atomic mass is 16.5. The van der Waals surface area contributed by atoms with Crippen molar-refractivity contribution in [2.24, 2.45) is 0 Å². The summed E-state index contributed by atoms with van der Waals surface area (Å²) in [5.41, 5.74) is -0.129. The molecule has 2 aromatic carbocycles. The number of aromatic carboxylic acids is 1. The second-order valence-electron chi connectivity index (χ2n) is 5.05. The second-order valence-corrected chi connectivity index (χ2v) is 5.05. The molecular formula is C18H20O5. The van der Waals surface area contributed by atoms with E-state index in [9.17, 15) is 9.90 Å². The molecule has 0 radical (unpaired) electrons. The van der Waals surface area contributed by atoms with E-state index in [-0.39, 0.29) is 11.3 Å². The minimum Gasteiger partial charge on any atom is -0.507 e. The fourth-order valence-electron chi connectivity index (χ4n) is 2.06. The fourth-order valence-corrected chi connectivity index (χ4v) is 2.06. The van der Waals surface area contributed by atoms with E-state index in [1.54, 1.807) is 6.07 Å². The molecule has 0 aliphatic carbocycles. The average Bonchev–Trinajstić information content (AvgIpc) is 2.54. The standard InChI is InChI=1S/C18H20O5/c19-17-13-15(9-10-16(17)18(20)21)23-12-6-2-5-11-22-14-7-3-1-4-8-14/h1,3-4,7-10,13,19H,2,5-6,11-12H2,(H,20,21). The lowest BCUT2D eigenvalue weighted by Gasteiger charge is -2.08. The van der Waals surface area contributed by atoms with Gasteiger partial charge in [0.2, 0.25) is 0 Å². The number of rotatable bonds is 9. The third-order valence-electron chi connectivity index (χ3n) is 3.27. The molecule has 0 heterocycles. The Morgan fingerprint density at radius 1 is 0.870 bits per heavy atom. The SMILES string of the molecule is O=C(O)c1ccc(OCCCCCOc2ccccc2)cc1O. The first-order chi connectivity index (χ1) is 11.2. The van der Waals surface area contributed by atoms with E-state index in [4.69, 9.17) is 14.6 Å². The highest BCUT2D eigenvalue weighted by Gasteiger charge is 2.09. The first-order valence-electron chi connectivity index (χ1n) is 7.54. The van der Waals surface area contributed by atoms with Crippen molar-refractivity contribution in [1.82, 2.24) is 0 Å². The summed E-state index contributed by atoms with van der Waals surface area (Å²) >= 11 is 0. The van der Waals surface area contributed by atoms with Crippen molar-refractivity contribution in [3.05, 3.63) is 54.1 Å². The van der Waals surface area contributed by atoms with E-state index in [0.29, 0.717) is 19.0 Å². The average molecular weight is 316 g/mol. The number of hydrogen-bond acceptors (Lipinski definition) is 4. The van der Waals surface area contributed by atoms with E-state index >= 15 is 0 Å². The Morgan fingerprint density at radius 2 is 1.52 bits per heavy atom. The number of benzene rings is 2. The minimum absolute atomic E-state index is 0.129. The summed E-state index contributed by atoms with van der Waals surface area (Å²) in [5.74, 6) is -0.107. The zero-order valence-electron chi connectivity index (χ0n) is 12.8. The lowest BCUT2D eigenvalue weighted by Crippen LogP contribution is -2.02. The highest BCUT2D eigenvalue weighted by molar-refractivity contribution is 5.90. The van der Waals surface area contributed by atoms with Crippen LogP contribution in [0, 0.1) is 0 Å². The van der Waals surface area contributed by atoms with Gasteiger partial charge in [-0.25, -0.2) is 4.79 Å². The number of ether oxygens (including phenoxy) is 2. The molecule has 5 heteroatoms.